The molecule has 0 bridgehead atoms. The molecule has 0 saturated carbocycles. The maximum atomic E-state index is 11.9. The Morgan fingerprint density at radius 2 is 2.30 bits per heavy atom. The summed E-state index contributed by atoms with van der Waals surface area (Å²) >= 11 is 1.41. The van der Waals surface area contributed by atoms with Crippen molar-refractivity contribution in [3.05, 3.63) is 33.8 Å². The Morgan fingerprint density at radius 1 is 1.55 bits per heavy atom. The molecule has 20 heavy (non-hydrogen) atoms. The van der Waals surface area contributed by atoms with E-state index in [9.17, 15) is 14.9 Å². The normalized spacial score (nSPS) is 10.5. The molecule has 2 aromatic heterocycles. The van der Waals surface area contributed by atoms with E-state index in [0.717, 1.165) is 11.8 Å². The third-order valence-electron chi connectivity index (χ3n) is 2.28. The van der Waals surface area contributed by atoms with E-state index in [2.05, 4.69) is 15.6 Å². The zero-order valence-corrected chi connectivity index (χ0v) is 11.5. The van der Waals surface area contributed by atoms with Crippen LogP contribution in [-0.2, 0) is 0 Å². The highest BCUT2D eigenvalue weighted by Crippen LogP contribution is 2.17. The monoisotopic (exact) mass is 297 g/mol. The van der Waals surface area contributed by atoms with Crippen LogP contribution in [0.4, 0.5) is 5.88 Å². The van der Waals surface area contributed by atoms with Gasteiger partial charge in [0.1, 0.15) is 10.7 Å². The van der Waals surface area contributed by atoms with Crippen molar-refractivity contribution in [1.29, 1.82) is 0 Å². The van der Waals surface area contributed by atoms with Crippen LogP contribution in [0.25, 0.3) is 0 Å². The molecule has 0 aliphatic rings. The number of hydrogen-bond donors (Lipinski definition) is 1. The third kappa shape index (κ3) is 2.79. The molecule has 0 radical (unpaired) electrons. The quantitative estimate of drug-likeness (QED) is 0.506. The number of nitrogens with zero attached hydrogens (tertiary/aromatic N) is 4. The van der Waals surface area contributed by atoms with Crippen molar-refractivity contribution in [2.45, 2.75) is 19.0 Å². The number of amides is 1. The maximum Gasteiger partial charge on any atom is 0.433 e. The van der Waals surface area contributed by atoms with E-state index in [1.807, 2.05) is 6.92 Å². The van der Waals surface area contributed by atoms with Gasteiger partial charge in [-0.05, 0) is 18.7 Å². The molecule has 0 aliphatic carbocycles. The van der Waals surface area contributed by atoms with Gasteiger partial charge < -0.3 is 4.42 Å². The van der Waals surface area contributed by atoms with Gasteiger partial charge in [0.05, 0.1) is 6.07 Å². The third-order valence-corrected chi connectivity index (χ3v) is 3.09. The van der Waals surface area contributed by atoms with Gasteiger partial charge in [-0.3, -0.25) is 20.3 Å². The number of aromatic nitrogens is 3. The summed E-state index contributed by atoms with van der Waals surface area (Å²) in [6.45, 7) is 3.62. The number of furan rings is 1. The lowest BCUT2D eigenvalue weighted by molar-refractivity contribution is -0.402. The summed E-state index contributed by atoms with van der Waals surface area (Å²) < 4.78 is 6.23. The second kappa shape index (κ2) is 5.74. The van der Waals surface area contributed by atoms with Gasteiger partial charge in [-0.2, -0.15) is 0 Å². The molecule has 0 saturated heterocycles. The van der Waals surface area contributed by atoms with Crippen molar-refractivity contribution in [2.75, 3.05) is 11.2 Å². The van der Waals surface area contributed by atoms with E-state index in [-0.39, 0.29) is 5.76 Å². The van der Waals surface area contributed by atoms with Crippen LogP contribution >= 0.6 is 11.8 Å². The summed E-state index contributed by atoms with van der Waals surface area (Å²) in [4.78, 5) is 21.7. The number of thioether (sulfide) groups is 1. The lowest BCUT2D eigenvalue weighted by Gasteiger charge is -2.07. The molecule has 2 rings (SSSR count). The second-order valence-electron chi connectivity index (χ2n) is 3.63. The van der Waals surface area contributed by atoms with E-state index in [4.69, 9.17) is 4.42 Å². The average molecular weight is 297 g/mol. The highest BCUT2D eigenvalue weighted by molar-refractivity contribution is 7.99. The predicted octanol–water partition coefficient (Wildman–Crippen LogP) is 1.58. The Kier molecular flexibility index (Phi) is 4.03. The van der Waals surface area contributed by atoms with Gasteiger partial charge in [-0.15, -0.1) is 10.2 Å². The SMILES string of the molecule is CCSc1nnc(C)n1NC(=O)c1ccc([N+](=O)[O-])o1. The molecule has 0 spiro atoms. The molecule has 1 N–H and O–H groups in total. The largest absolute Gasteiger partial charge is 0.433 e. The standard InChI is InChI=1S/C10H11N5O4S/c1-3-20-10-12-11-6(2)14(10)13-9(16)7-4-5-8(19-7)15(17)18/h4-5H,3H2,1-2H3,(H,13,16). The van der Waals surface area contributed by atoms with Crippen molar-refractivity contribution in [3.8, 4) is 0 Å². The molecule has 9 nitrogen and oxygen atoms in total. The van der Waals surface area contributed by atoms with E-state index >= 15 is 0 Å². The first-order valence-electron chi connectivity index (χ1n) is 5.63. The summed E-state index contributed by atoms with van der Waals surface area (Å²) in [7, 11) is 0. The Labute approximate surface area is 117 Å². The van der Waals surface area contributed by atoms with E-state index < -0.39 is 16.7 Å². The molecular formula is C10H11N5O4S. The first-order chi connectivity index (χ1) is 9.52. The number of hydrogen-bond acceptors (Lipinski definition) is 7. The first-order valence-corrected chi connectivity index (χ1v) is 6.62. The minimum atomic E-state index is -0.709. The molecule has 2 aromatic rings. The van der Waals surface area contributed by atoms with Crippen LogP contribution in [-0.4, -0.2) is 31.5 Å². The number of carbonyl (C=O) groups is 1. The fraction of sp³-hybridized carbons (Fsp3) is 0.300. The van der Waals surface area contributed by atoms with Crippen LogP contribution in [0, 0.1) is 17.0 Å². The molecule has 106 valence electrons. The molecule has 0 atom stereocenters. The number of carbonyl (C=O) groups excluding carboxylic acids is 1. The van der Waals surface area contributed by atoms with Crippen molar-refractivity contribution in [3.63, 3.8) is 0 Å². The van der Waals surface area contributed by atoms with Gasteiger partial charge >= 0.3 is 11.8 Å². The smallest absolute Gasteiger partial charge is 0.395 e. The van der Waals surface area contributed by atoms with Gasteiger partial charge in [0, 0.05) is 0 Å². The van der Waals surface area contributed by atoms with Gasteiger partial charge in [0.2, 0.25) is 10.9 Å². The molecular weight excluding hydrogens is 286 g/mol. The van der Waals surface area contributed by atoms with Crippen LogP contribution in [0.3, 0.4) is 0 Å². The Morgan fingerprint density at radius 3 is 2.90 bits per heavy atom. The first kappa shape index (κ1) is 14.1. The Balaban J connectivity index is 2.18. The highest BCUT2D eigenvalue weighted by Gasteiger charge is 2.19. The second-order valence-corrected chi connectivity index (χ2v) is 4.87. The van der Waals surface area contributed by atoms with Crippen LogP contribution in [0.2, 0.25) is 0 Å². The van der Waals surface area contributed by atoms with Crippen molar-refractivity contribution >= 4 is 23.6 Å². The minimum Gasteiger partial charge on any atom is -0.395 e. The Bertz CT molecular complexity index is 650. The highest BCUT2D eigenvalue weighted by atomic mass is 32.2. The summed E-state index contributed by atoms with van der Waals surface area (Å²) in [5, 5.41) is 18.8. The van der Waals surface area contributed by atoms with Crippen molar-refractivity contribution in [1.82, 2.24) is 14.9 Å². The molecule has 0 aromatic carbocycles. The van der Waals surface area contributed by atoms with E-state index in [1.54, 1.807) is 6.92 Å². The zero-order valence-electron chi connectivity index (χ0n) is 10.7. The minimum absolute atomic E-state index is 0.155. The molecule has 1 amide bonds. The summed E-state index contributed by atoms with van der Waals surface area (Å²) in [5.74, 6) is 0.00517. The predicted molar refractivity (Wildman–Crippen MR) is 70.2 cm³/mol. The molecule has 10 heteroatoms. The van der Waals surface area contributed by atoms with Crippen molar-refractivity contribution in [2.24, 2.45) is 0 Å². The summed E-state index contributed by atoms with van der Waals surface area (Å²) in [6, 6.07) is 2.36. The molecule has 0 fully saturated rings. The van der Waals surface area contributed by atoms with E-state index in [0.29, 0.717) is 11.0 Å². The number of nitro groups is 1. The van der Waals surface area contributed by atoms with Crippen LogP contribution in [0.1, 0.15) is 23.3 Å². The average Bonchev–Trinajstić information content (AvgIpc) is 3.00. The lowest BCUT2D eigenvalue weighted by Crippen LogP contribution is -2.24. The zero-order chi connectivity index (χ0) is 14.7. The lowest BCUT2D eigenvalue weighted by atomic mass is 10.4. The molecule has 0 aliphatic heterocycles. The fourth-order valence-corrected chi connectivity index (χ4v) is 2.06. The summed E-state index contributed by atoms with van der Waals surface area (Å²) in [5.41, 5.74) is 2.53. The van der Waals surface area contributed by atoms with Gasteiger partial charge in [0.25, 0.3) is 0 Å². The Hall–Kier alpha value is -2.36. The van der Waals surface area contributed by atoms with Crippen molar-refractivity contribution < 1.29 is 14.1 Å². The number of rotatable bonds is 5. The van der Waals surface area contributed by atoms with Gasteiger partial charge in [-0.1, -0.05) is 18.7 Å². The van der Waals surface area contributed by atoms with Gasteiger partial charge in [0.15, 0.2) is 0 Å². The maximum absolute atomic E-state index is 11.9. The van der Waals surface area contributed by atoms with E-state index in [1.165, 1.54) is 22.5 Å². The number of aryl methyl sites for hydroxylation is 1. The van der Waals surface area contributed by atoms with Crippen LogP contribution < -0.4 is 5.43 Å². The topological polar surface area (TPSA) is 116 Å². The molecule has 2 heterocycles. The molecule has 0 unspecified atom stereocenters. The number of nitrogens with one attached hydrogen (secondary N) is 1. The fourth-order valence-electron chi connectivity index (χ4n) is 1.40. The van der Waals surface area contributed by atoms with Crippen LogP contribution in [0.5, 0.6) is 0 Å². The van der Waals surface area contributed by atoms with Crippen LogP contribution in [0.15, 0.2) is 21.7 Å². The summed E-state index contributed by atoms with van der Waals surface area (Å²) in [6.07, 6.45) is 0. The van der Waals surface area contributed by atoms with Gasteiger partial charge in [-0.25, -0.2) is 4.68 Å².